The molecular formula is C18H34O4S. The lowest BCUT2D eigenvalue weighted by Gasteiger charge is -2.04. The minimum atomic E-state index is -1.62. The van der Waals surface area contributed by atoms with Gasteiger partial charge in [0.05, 0.1) is 0 Å². The van der Waals surface area contributed by atoms with Gasteiger partial charge in [-0.25, -0.2) is 4.79 Å². The molecule has 23 heavy (non-hydrogen) atoms. The van der Waals surface area contributed by atoms with Crippen LogP contribution < -0.4 is 0 Å². The van der Waals surface area contributed by atoms with Crippen molar-refractivity contribution < 1.29 is 19.8 Å². The van der Waals surface area contributed by atoms with Gasteiger partial charge < -0.3 is 10.2 Å². The number of unbranched alkanes of at least 4 members (excludes halogenated alkanes) is 12. The number of thioether (sulfide) groups is 1. The van der Waals surface area contributed by atoms with Crippen LogP contribution in [0.25, 0.3) is 0 Å². The van der Waals surface area contributed by atoms with E-state index in [0.717, 1.165) is 19.3 Å². The third-order valence-electron chi connectivity index (χ3n) is 3.94. The van der Waals surface area contributed by atoms with Crippen molar-refractivity contribution in [2.75, 3.05) is 0 Å². The highest BCUT2D eigenvalue weighted by Gasteiger charge is 2.17. The van der Waals surface area contributed by atoms with Crippen LogP contribution in [-0.2, 0) is 9.59 Å². The number of carbonyl (C=O) groups excluding carboxylic acids is 1. The lowest BCUT2D eigenvalue weighted by molar-refractivity contribution is -0.142. The second-order valence-electron chi connectivity index (χ2n) is 6.17. The van der Waals surface area contributed by atoms with Crippen LogP contribution in [0.5, 0.6) is 0 Å². The highest BCUT2D eigenvalue weighted by atomic mass is 32.2. The van der Waals surface area contributed by atoms with Gasteiger partial charge >= 0.3 is 5.97 Å². The summed E-state index contributed by atoms with van der Waals surface area (Å²) < 4.78 is 0. The molecule has 1 unspecified atom stereocenters. The lowest BCUT2D eigenvalue weighted by Crippen LogP contribution is -2.17. The van der Waals surface area contributed by atoms with Gasteiger partial charge in [0.2, 0.25) is 5.44 Å². The third kappa shape index (κ3) is 16.1. The maximum Gasteiger partial charge on any atom is 0.343 e. The minimum absolute atomic E-state index is 0.233. The average Bonchev–Trinajstić information content (AvgIpc) is 2.51. The van der Waals surface area contributed by atoms with Crippen LogP contribution in [0.2, 0.25) is 0 Å². The van der Waals surface area contributed by atoms with E-state index in [4.69, 9.17) is 10.2 Å². The molecule has 0 amide bonds. The van der Waals surface area contributed by atoms with Gasteiger partial charge in [-0.2, -0.15) is 0 Å². The Balaban J connectivity index is 3.21. The van der Waals surface area contributed by atoms with Crippen LogP contribution in [0.4, 0.5) is 0 Å². The summed E-state index contributed by atoms with van der Waals surface area (Å²) in [5, 5.41) is 17.3. The molecule has 0 aromatic carbocycles. The number of rotatable bonds is 16. The molecule has 0 saturated carbocycles. The summed E-state index contributed by atoms with van der Waals surface area (Å²) in [7, 11) is 0. The third-order valence-corrected chi connectivity index (χ3v) is 4.83. The zero-order valence-electron chi connectivity index (χ0n) is 14.6. The number of aliphatic carboxylic acids is 1. The maximum absolute atomic E-state index is 11.4. The van der Waals surface area contributed by atoms with E-state index < -0.39 is 11.4 Å². The molecule has 0 aromatic heterocycles. The molecule has 2 N–H and O–H groups in total. The van der Waals surface area contributed by atoms with Gasteiger partial charge in [-0.05, 0) is 18.2 Å². The van der Waals surface area contributed by atoms with Gasteiger partial charge in [0.15, 0.2) is 5.12 Å². The molecule has 0 aliphatic heterocycles. The summed E-state index contributed by atoms with van der Waals surface area (Å²) in [5.41, 5.74) is -1.62. The second-order valence-corrected chi connectivity index (χ2v) is 7.31. The van der Waals surface area contributed by atoms with Crippen LogP contribution in [0.15, 0.2) is 0 Å². The summed E-state index contributed by atoms with van der Waals surface area (Å²) in [4.78, 5) is 21.8. The Morgan fingerprint density at radius 2 is 1.17 bits per heavy atom. The first-order chi connectivity index (χ1) is 11.1. The van der Waals surface area contributed by atoms with Crippen molar-refractivity contribution in [2.45, 2.75) is 102 Å². The van der Waals surface area contributed by atoms with Crippen LogP contribution in [0.3, 0.4) is 0 Å². The Labute approximate surface area is 145 Å². The zero-order chi connectivity index (χ0) is 17.3. The summed E-state index contributed by atoms with van der Waals surface area (Å²) in [5.74, 6) is -1.35. The fraction of sp³-hybridized carbons (Fsp3) is 0.889. The topological polar surface area (TPSA) is 74.6 Å². The van der Waals surface area contributed by atoms with Crippen molar-refractivity contribution >= 4 is 22.8 Å². The Bertz CT molecular complexity index is 307. The zero-order valence-corrected chi connectivity index (χ0v) is 15.4. The Kier molecular flexibility index (Phi) is 15.9. The summed E-state index contributed by atoms with van der Waals surface area (Å²) >= 11 is 0.509. The molecule has 0 radical (unpaired) electrons. The largest absolute Gasteiger partial charge is 0.479 e. The van der Waals surface area contributed by atoms with E-state index in [1.807, 2.05) is 0 Å². The van der Waals surface area contributed by atoms with Crippen molar-refractivity contribution in [3.63, 3.8) is 0 Å². The number of hydrogen-bond acceptors (Lipinski definition) is 4. The van der Waals surface area contributed by atoms with Crippen LogP contribution in [0.1, 0.15) is 96.8 Å². The van der Waals surface area contributed by atoms with Gasteiger partial charge in [0, 0.05) is 6.42 Å². The van der Waals surface area contributed by atoms with Gasteiger partial charge in [-0.1, -0.05) is 84.0 Å². The van der Waals surface area contributed by atoms with E-state index in [-0.39, 0.29) is 5.12 Å². The number of carboxylic acids is 1. The van der Waals surface area contributed by atoms with Crippen molar-refractivity contribution in [1.29, 1.82) is 0 Å². The average molecular weight is 347 g/mol. The minimum Gasteiger partial charge on any atom is -0.479 e. The normalized spacial score (nSPS) is 12.3. The predicted molar refractivity (Wildman–Crippen MR) is 96.6 cm³/mol. The van der Waals surface area contributed by atoms with Crippen LogP contribution >= 0.6 is 11.8 Å². The molecule has 0 fully saturated rings. The van der Waals surface area contributed by atoms with Crippen molar-refractivity contribution in [3.8, 4) is 0 Å². The van der Waals surface area contributed by atoms with Gasteiger partial charge in [0.1, 0.15) is 0 Å². The number of aliphatic hydroxyl groups is 1. The summed E-state index contributed by atoms with van der Waals surface area (Å²) in [6, 6.07) is 0. The molecule has 0 aliphatic rings. The molecule has 0 saturated heterocycles. The van der Waals surface area contributed by atoms with E-state index in [9.17, 15) is 9.59 Å². The number of carboxylic acid groups (broad SMARTS) is 1. The Hall–Kier alpha value is -0.550. The quantitative estimate of drug-likeness (QED) is 0.299. The molecule has 0 aliphatic carbocycles. The smallest absolute Gasteiger partial charge is 0.343 e. The molecule has 0 spiro atoms. The molecule has 136 valence electrons. The molecule has 0 bridgehead atoms. The molecule has 1 atom stereocenters. The van der Waals surface area contributed by atoms with Crippen LogP contribution in [-0.4, -0.2) is 26.7 Å². The van der Waals surface area contributed by atoms with E-state index in [1.165, 1.54) is 64.2 Å². The SMILES string of the molecule is CCCCCCCCCCCCCCCC(=O)SC(O)C(=O)O. The Morgan fingerprint density at radius 3 is 1.57 bits per heavy atom. The first-order valence-corrected chi connectivity index (χ1v) is 10.1. The molecule has 0 aromatic rings. The van der Waals surface area contributed by atoms with Crippen molar-refractivity contribution in [3.05, 3.63) is 0 Å². The molecule has 5 heteroatoms. The summed E-state index contributed by atoms with van der Waals surface area (Å²) in [6.45, 7) is 2.24. The maximum atomic E-state index is 11.4. The van der Waals surface area contributed by atoms with E-state index >= 15 is 0 Å². The number of hydrogen-bond donors (Lipinski definition) is 2. The fourth-order valence-corrected chi connectivity index (χ4v) is 3.13. The highest BCUT2D eigenvalue weighted by Crippen LogP contribution is 2.16. The number of carbonyl (C=O) groups is 2. The van der Waals surface area contributed by atoms with E-state index in [0.29, 0.717) is 18.2 Å². The van der Waals surface area contributed by atoms with Crippen molar-refractivity contribution in [2.24, 2.45) is 0 Å². The molecule has 4 nitrogen and oxygen atoms in total. The van der Waals surface area contributed by atoms with E-state index in [2.05, 4.69) is 6.92 Å². The van der Waals surface area contributed by atoms with Gasteiger partial charge in [-0.3, -0.25) is 4.79 Å². The molecule has 0 heterocycles. The van der Waals surface area contributed by atoms with Gasteiger partial charge in [0.25, 0.3) is 0 Å². The highest BCUT2D eigenvalue weighted by molar-refractivity contribution is 8.14. The monoisotopic (exact) mass is 346 g/mol. The first-order valence-electron chi connectivity index (χ1n) is 9.18. The molecular weight excluding hydrogens is 312 g/mol. The summed E-state index contributed by atoms with van der Waals surface area (Å²) in [6.07, 6.45) is 16.6. The Morgan fingerprint density at radius 1 is 0.783 bits per heavy atom. The van der Waals surface area contributed by atoms with Gasteiger partial charge in [-0.15, -0.1) is 0 Å². The first kappa shape index (κ1) is 22.4. The predicted octanol–water partition coefficient (Wildman–Crippen LogP) is 5.13. The lowest BCUT2D eigenvalue weighted by atomic mass is 10.0. The van der Waals surface area contributed by atoms with Crippen molar-refractivity contribution in [1.82, 2.24) is 0 Å². The second kappa shape index (κ2) is 16.3. The standard InChI is InChI=1S/C18H34O4S/c1-2-3-4-5-6-7-8-9-10-11-12-13-14-15-16(19)23-18(22)17(20)21/h18,22H,2-15H2,1H3,(H,20,21). The fourth-order valence-electron chi connectivity index (χ4n) is 2.52. The number of aliphatic hydroxyl groups excluding tert-OH is 1. The molecule has 0 rings (SSSR count). The van der Waals surface area contributed by atoms with Crippen LogP contribution in [0, 0.1) is 0 Å². The van der Waals surface area contributed by atoms with E-state index in [1.54, 1.807) is 0 Å².